The lowest BCUT2D eigenvalue weighted by Gasteiger charge is -2.11. The van der Waals surface area contributed by atoms with Crippen LogP contribution in [-0.4, -0.2) is 14.9 Å². The van der Waals surface area contributed by atoms with E-state index in [1.165, 1.54) is 12.1 Å². The van der Waals surface area contributed by atoms with Gasteiger partial charge in [-0.3, -0.25) is 4.68 Å². The van der Waals surface area contributed by atoms with E-state index >= 15 is 0 Å². The van der Waals surface area contributed by atoms with Crippen LogP contribution in [0.5, 0.6) is 0 Å². The Morgan fingerprint density at radius 3 is 2.76 bits per heavy atom. The smallest absolute Gasteiger partial charge is 0.123 e. The molecule has 2 rings (SSSR count). The Morgan fingerprint density at radius 2 is 2.18 bits per heavy atom. The summed E-state index contributed by atoms with van der Waals surface area (Å²) in [7, 11) is 1.83. The molecule has 0 fully saturated rings. The molecule has 1 heterocycles. The maximum atomic E-state index is 13.0. The molecule has 0 amide bonds. The summed E-state index contributed by atoms with van der Waals surface area (Å²) in [6.45, 7) is 1.90. The second kappa shape index (κ2) is 4.67. The second-order valence-electron chi connectivity index (χ2n) is 4.18. The average molecular weight is 234 g/mol. The fourth-order valence-electron chi connectivity index (χ4n) is 1.89. The summed E-state index contributed by atoms with van der Waals surface area (Å²) in [6.07, 6.45) is -0.277. The molecule has 1 atom stereocenters. The topological polar surface area (TPSA) is 38.0 Å². The van der Waals surface area contributed by atoms with E-state index in [9.17, 15) is 9.50 Å². The Morgan fingerprint density at radius 1 is 1.41 bits per heavy atom. The zero-order valence-electron chi connectivity index (χ0n) is 9.89. The maximum Gasteiger partial charge on any atom is 0.123 e. The molecule has 2 aromatic rings. The van der Waals surface area contributed by atoms with Crippen molar-refractivity contribution < 1.29 is 9.50 Å². The van der Waals surface area contributed by atoms with E-state index in [-0.39, 0.29) is 5.82 Å². The van der Waals surface area contributed by atoms with Crippen molar-refractivity contribution in [2.45, 2.75) is 19.4 Å². The monoisotopic (exact) mass is 234 g/mol. The van der Waals surface area contributed by atoms with E-state index in [0.717, 1.165) is 11.4 Å². The summed E-state index contributed by atoms with van der Waals surface area (Å²) in [5.41, 5.74) is 2.43. The third-order valence-corrected chi connectivity index (χ3v) is 2.73. The number of aliphatic hydroxyl groups excluding tert-OH is 1. The van der Waals surface area contributed by atoms with Crippen LogP contribution >= 0.6 is 0 Å². The SMILES string of the molecule is Cc1cc(CC(O)c2cccc(F)c2)n(C)n1. The molecule has 3 nitrogen and oxygen atoms in total. The molecule has 0 bridgehead atoms. The zero-order chi connectivity index (χ0) is 12.4. The minimum Gasteiger partial charge on any atom is -0.388 e. The first-order chi connectivity index (χ1) is 8.06. The number of hydrogen-bond donors (Lipinski definition) is 1. The Kier molecular flexibility index (Phi) is 3.24. The molecular weight excluding hydrogens is 219 g/mol. The van der Waals surface area contributed by atoms with E-state index in [2.05, 4.69) is 5.10 Å². The van der Waals surface area contributed by atoms with Crippen molar-refractivity contribution in [2.24, 2.45) is 7.05 Å². The first-order valence-corrected chi connectivity index (χ1v) is 5.49. The Labute approximate surface area is 99.5 Å². The lowest BCUT2D eigenvalue weighted by molar-refractivity contribution is 0.175. The van der Waals surface area contributed by atoms with Crippen LogP contribution < -0.4 is 0 Å². The summed E-state index contributed by atoms with van der Waals surface area (Å²) in [4.78, 5) is 0. The molecule has 0 saturated heterocycles. The predicted molar refractivity (Wildman–Crippen MR) is 63.0 cm³/mol. The highest BCUT2D eigenvalue weighted by molar-refractivity contribution is 5.21. The highest BCUT2D eigenvalue weighted by Crippen LogP contribution is 2.19. The van der Waals surface area contributed by atoms with E-state index < -0.39 is 6.10 Å². The number of aliphatic hydroxyl groups is 1. The van der Waals surface area contributed by atoms with Crippen molar-refractivity contribution in [1.82, 2.24) is 9.78 Å². The van der Waals surface area contributed by atoms with E-state index in [1.54, 1.807) is 16.8 Å². The van der Waals surface area contributed by atoms with Crippen LogP contribution in [0.2, 0.25) is 0 Å². The second-order valence-corrected chi connectivity index (χ2v) is 4.18. The molecular formula is C13H15FN2O. The van der Waals surface area contributed by atoms with Gasteiger partial charge in [0.1, 0.15) is 5.82 Å². The number of benzene rings is 1. The molecule has 0 spiro atoms. The van der Waals surface area contributed by atoms with Gasteiger partial charge in [0.15, 0.2) is 0 Å². The minimum absolute atomic E-state index is 0.331. The summed E-state index contributed by atoms with van der Waals surface area (Å²) in [5, 5.41) is 14.2. The summed E-state index contributed by atoms with van der Waals surface area (Å²) in [6, 6.07) is 7.96. The van der Waals surface area contributed by atoms with Gasteiger partial charge in [0.05, 0.1) is 11.8 Å². The average Bonchev–Trinajstić information content (AvgIpc) is 2.57. The van der Waals surface area contributed by atoms with Crippen molar-refractivity contribution in [2.75, 3.05) is 0 Å². The van der Waals surface area contributed by atoms with Gasteiger partial charge >= 0.3 is 0 Å². The van der Waals surface area contributed by atoms with Gasteiger partial charge in [0.2, 0.25) is 0 Å². The number of nitrogens with zero attached hydrogens (tertiary/aromatic N) is 2. The van der Waals surface area contributed by atoms with Crippen LogP contribution in [0.3, 0.4) is 0 Å². The molecule has 0 aliphatic heterocycles. The maximum absolute atomic E-state index is 13.0. The van der Waals surface area contributed by atoms with Crippen LogP contribution in [0, 0.1) is 12.7 Å². The molecule has 17 heavy (non-hydrogen) atoms. The first kappa shape index (κ1) is 11.8. The van der Waals surface area contributed by atoms with Crippen LogP contribution in [0.15, 0.2) is 30.3 Å². The van der Waals surface area contributed by atoms with Gasteiger partial charge in [-0.1, -0.05) is 12.1 Å². The largest absolute Gasteiger partial charge is 0.388 e. The first-order valence-electron chi connectivity index (χ1n) is 5.49. The van der Waals surface area contributed by atoms with Crippen molar-refractivity contribution in [3.05, 3.63) is 53.1 Å². The van der Waals surface area contributed by atoms with Crippen molar-refractivity contribution in [1.29, 1.82) is 0 Å². The van der Waals surface area contributed by atoms with Gasteiger partial charge in [0.25, 0.3) is 0 Å². The Balaban J connectivity index is 2.16. The van der Waals surface area contributed by atoms with Crippen LogP contribution in [0.4, 0.5) is 4.39 Å². The van der Waals surface area contributed by atoms with E-state index in [1.807, 2.05) is 20.0 Å². The van der Waals surface area contributed by atoms with Gasteiger partial charge in [0, 0.05) is 19.2 Å². The lowest BCUT2D eigenvalue weighted by Crippen LogP contribution is -2.06. The molecule has 0 saturated carbocycles. The molecule has 1 aromatic carbocycles. The third-order valence-electron chi connectivity index (χ3n) is 2.73. The van der Waals surface area contributed by atoms with Crippen LogP contribution in [-0.2, 0) is 13.5 Å². The fourth-order valence-corrected chi connectivity index (χ4v) is 1.89. The number of halogens is 1. The van der Waals surface area contributed by atoms with E-state index in [4.69, 9.17) is 0 Å². The standard InChI is InChI=1S/C13H15FN2O/c1-9-6-12(16(2)15-9)8-13(17)10-4-3-5-11(14)7-10/h3-7,13,17H,8H2,1-2H3. The molecule has 1 aromatic heterocycles. The predicted octanol–water partition coefficient (Wildman–Crippen LogP) is 2.14. The van der Waals surface area contributed by atoms with Crippen molar-refractivity contribution in [3.8, 4) is 0 Å². The van der Waals surface area contributed by atoms with Crippen LogP contribution in [0.25, 0.3) is 0 Å². The van der Waals surface area contributed by atoms with E-state index in [0.29, 0.717) is 12.0 Å². The number of hydrogen-bond acceptors (Lipinski definition) is 2. The number of aromatic nitrogens is 2. The molecule has 90 valence electrons. The van der Waals surface area contributed by atoms with Gasteiger partial charge in [-0.2, -0.15) is 5.10 Å². The number of rotatable bonds is 3. The molecule has 0 aliphatic carbocycles. The van der Waals surface area contributed by atoms with Crippen molar-refractivity contribution in [3.63, 3.8) is 0 Å². The fraction of sp³-hybridized carbons (Fsp3) is 0.308. The molecule has 1 N–H and O–H groups in total. The molecule has 1 unspecified atom stereocenters. The summed E-state index contributed by atoms with van der Waals surface area (Å²) < 4.78 is 14.8. The minimum atomic E-state index is -0.708. The van der Waals surface area contributed by atoms with Gasteiger partial charge < -0.3 is 5.11 Å². The Bertz CT molecular complexity index is 522. The molecule has 0 aliphatic rings. The summed E-state index contributed by atoms with van der Waals surface area (Å²) >= 11 is 0. The van der Waals surface area contributed by atoms with Crippen LogP contribution in [0.1, 0.15) is 23.1 Å². The zero-order valence-corrected chi connectivity index (χ0v) is 9.89. The normalized spacial score (nSPS) is 12.7. The quantitative estimate of drug-likeness (QED) is 0.883. The van der Waals surface area contributed by atoms with Gasteiger partial charge in [-0.05, 0) is 30.7 Å². The number of aryl methyl sites for hydroxylation is 2. The van der Waals surface area contributed by atoms with Gasteiger partial charge in [-0.25, -0.2) is 4.39 Å². The molecule has 4 heteroatoms. The summed E-state index contributed by atoms with van der Waals surface area (Å²) in [5.74, 6) is -0.331. The van der Waals surface area contributed by atoms with Gasteiger partial charge in [-0.15, -0.1) is 0 Å². The highest BCUT2D eigenvalue weighted by atomic mass is 19.1. The van der Waals surface area contributed by atoms with Crippen molar-refractivity contribution >= 4 is 0 Å². The third kappa shape index (κ3) is 2.71. The highest BCUT2D eigenvalue weighted by Gasteiger charge is 2.12. The molecule has 0 radical (unpaired) electrons. The lowest BCUT2D eigenvalue weighted by atomic mass is 10.0. The Hall–Kier alpha value is -1.68.